The van der Waals surface area contributed by atoms with Crippen molar-refractivity contribution in [2.24, 2.45) is 0 Å². The van der Waals surface area contributed by atoms with E-state index >= 15 is 0 Å². The Labute approximate surface area is 140 Å². The summed E-state index contributed by atoms with van der Waals surface area (Å²) >= 11 is 3.41. The van der Waals surface area contributed by atoms with Gasteiger partial charge in [-0.3, -0.25) is 9.59 Å². The third kappa shape index (κ3) is 4.83. The highest BCUT2D eigenvalue weighted by atomic mass is 79.9. The second kappa shape index (κ2) is 8.32. The number of amides is 2. The fourth-order valence-corrected chi connectivity index (χ4v) is 3.37. The Morgan fingerprint density at radius 3 is 2.55 bits per heavy atom. The molecule has 0 unspecified atom stereocenters. The van der Waals surface area contributed by atoms with Crippen molar-refractivity contribution in [1.29, 1.82) is 0 Å². The molecule has 1 aliphatic carbocycles. The van der Waals surface area contributed by atoms with Crippen molar-refractivity contribution in [3.63, 3.8) is 0 Å². The lowest BCUT2D eigenvalue weighted by Gasteiger charge is -2.33. The van der Waals surface area contributed by atoms with Crippen molar-refractivity contribution in [2.75, 3.05) is 11.9 Å². The summed E-state index contributed by atoms with van der Waals surface area (Å²) < 4.78 is 0.860. The fourth-order valence-electron chi connectivity index (χ4n) is 2.99. The molecule has 22 heavy (non-hydrogen) atoms. The number of anilines is 1. The highest BCUT2D eigenvalue weighted by Gasteiger charge is 2.23. The number of hydrogen-bond acceptors (Lipinski definition) is 2. The molecule has 1 fully saturated rings. The van der Waals surface area contributed by atoms with Crippen LogP contribution in [0.1, 0.15) is 45.4 Å². The molecule has 1 saturated carbocycles. The van der Waals surface area contributed by atoms with E-state index in [9.17, 15) is 9.59 Å². The van der Waals surface area contributed by atoms with E-state index in [1.807, 2.05) is 29.2 Å². The molecule has 0 aromatic heterocycles. The maximum absolute atomic E-state index is 12.1. The number of carbonyl (C=O) groups is 2. The van der Waals surface area contributed by atoms with Crippen molar-refractivity contribution >= 4 is 33.4 Å². The Balaban J connectivity index is 1.87. The molecule has 0 heterocycles. The molecule has 0 saturated heterocycles. The van der Waals surface area contributed by atoms with Gasteiger partial charge in [0.1, 0.15) is 0 Å². The predicted octanol–water partition coefficient (Wildman–Crippen LogP) is 3.96. The van der Waals surface area contributed by atoms with Crippen LogP contribution >= 0.6 is 15.9 Å². The van der Waals surface area contributed by atoms with Gasteiger partial charge in [-0.2, -0.15) is 0 Å². The first-order valence-electron chi connectivity index (χ1n) is 7.89. The van der Waals surface area contributed by atoms with Gasteiger partial charge in [0.15, 0.2) is 0 Å². The normalized spacial score (nSPS) is 15.4. The molecule has 1 N–H and O–H groups in total. The van der Waals surface area contributed by atoms with Gasteiger partial charge in [0, 0.05) is 30.4 Å². The van der Waals surface area contributed by atoms with Crippen molar-refractivity contribution in [2.45, 2.75) is 51.5 Å². The lowest BCUT2D eigenvalue weighted by molar-refractivity contribution is -0.132. The molecule has 0 aliphatic heterocycles. The molecule has 5 heteroatoms. The molecule has 2 rings (SSSR count). The molecule has 0 atom stereocenters. The number of hydrogen-bond donors (Lipinski definition) is 1. The Morgan fingerprint density at radius 1 is 1.23 bits per heavy atom. The van der Waals surface area contributed by atoms with Gasteiger partial charge in [0.05, 0.1) is 5.69 Å². The number of rotatable bonds is 5. The topological polar surface area (TPSA) is 49.4 Å². The largest absolute Gasteiger partial charge is 0.339 e. The summed E-state index contributed by atoms with van der Waals surface area (Å²) in [5, 5.41) is 2.88. The summed E-state index contributed by atoms with van der Waals surface area (Å²) in [5.74, 6) is 0.00884. The van der Waals surface area contributed by atoms with E-state index in [-0.39, 0.29) is 11.8 Å². The van der Waals surface area contributed by atoms with Crippen LogP contribution in [-0.4, -0.2) is 29.3 Å². The molecular weight excluding hydrogens is 344 g/mol. The van der Waals surface area contributed by atoms with Gasteiger partial charge >= 0.3 is 0 Å². The maximum atomic E-state index is 12.1. The second-order valence-corrected chi connectivity index (χ2v) is 6.64. The van der Waals surface area contributed by atoms with Crippen LogP contribution in [0.2, 0.25) is 0 Å². The number of halogens is 1. The van der Waals surface area contributed by atoms with Crippen molar-refractivity contribution in [3.8, 4) is 0 Å². The van der Waals surface area contributed by atoms with Crippen LogP contribution in [-0.2, 0) is 9.59 Å². The van der Waals surface area contributed by atoms with Gasteiger partial charge in [0.25, 0.3) is 0 Å². The molecule has 1 aromatic carbocycles. The quantitative estimate of drug-likeness (QED) is 0.857. The van der Waals surface area contributed by atoms with E-state index in [0.29, 0.717) is 19.0 Å². The van der Waals surface area contributed by atoms with Crippen LogP contribution in [0.4, 0.5) is 5.69 Å². The van der Waals surface area contributed by atoms with Crippen molar-refractivity contribution in [1.82, 2.24) is 4.90 Å². The summed E-state index contributed by atoms with van der Waals surface area (Å²) in [6.07, 6.45) is 6.06. The van der Waals surface area contributed by atoms with E-state index in [4.69, 9.17) is 0 Å². The minimum Gasteiger partial charge on any atom is -0.339 e. The first-order chi connectivity index (χ1) is 10.6. The summed E-state index contributed by atoms with van der Waals surface area (Å²) in [7, 11) is 0. The number of nitrogens with zero attached hydrogens (tertiary/aromatic N) is 1. The molecule has 0 bridgehead atoms. The molecule has 4 nitrogen and oxygen atoms in total. The zero-order valence-corrected chi connectivity index (χ0v) is 14.6. The summed E-state index contributed by atoms with van der Waals surface area (Å²) in [4.78, 5) is 25.8. The Bertz CT molecular complexity index is 527. The Hall–Kier alpha value is -1.36. The van der Waals surface area contributed by atoms with Gasteiger partial charge < -0.3 is 10.2 Å². The van der Waals surface area contributed by atoms with Crippen LogP contribution in [0.5, 0.6) is 0 Å². The highest BCUT2D eigenvalue weighted by Crippen LogP contribution is 2.24. The zero-order chi connectivity index (χ0) is 15.9. The summed E-state index contributed by atoms with van der Waals surface area (Å²) in [5.41, 5.74) is 0.763. The lowest BCUT2D eigenvalue weighted by atomic mass is 9.94. The van der Waals surface area contributed by atoms with E-state index in [1.54, 1.807) is 6.92 Å². The third-order valence-corrected chi connectivity index (χ3v) is 4.84. The van der Waals surface area contributed by atoms with Crippen LogP contribution in [0, 0.1) is 0 Å². The van der Waals surface area contributed by atoms with Gasteiger partial charge in [-0.25, -0.2) is 0 Å². The molecule has 0 radical (unpaired) electrons. The summed E-state index contributed by atoms with van der Waals surface area (Å²) in [6.45, 7) is 2.09. The zero-order valence-electron chi connectivity index (χ0n) is 13.0. The van der Waals surface area contributed by atoms with Gasteiger partial charge in [-0.15, -0.1) is 0 Å². The third-order valence-electron chi connectivity index (χ3n) is 4.15. The standard InChI is InChI=1S/C17H23BrN2O2/c1-13(21)20(14-7-3-2-4-8-14)12-11-17(22)19-16-10-6-5-9-15(16)18/h5-6,9-10,14H,2-4,7-8,11-12H2,1H3,(H,19,22). The first-order valence-corrected chi connectivity index (χ1v) is 8.69. The monoisotopic (exact) mass is 366 g/mol. The molecule has 120 valence electrons. The average molecular weight is 367 g/mol. The van der Waals surface area contributed by atoms with E-state index in [2.05, 4.69) is 21.2 Å². The van der Waals surface area contributed by atoms with Crippen LogP contribution in [0.3, 0.4) is 0 Å². The number of benzene rings is 1. The van der Waals surface area contributed by atoms with Crippen LogP contribution in [0.15, 0.2) is 28.7 Å². The van der Waals surface area contributed by atoms with Gasteiger partial charge in [0.2, 0.25) is 11.8 Å². The second-order valence-electron chi connectivity index (χ2n) is 5.78. The number of para-hydroxylation sites is 1. The van der Waals surface area contributed by atoms with E-state index in [0.717, 1.165) is 23.0 Å². The molecular formula is C17H23BrN2O2. The highest BCUT2D eigenvalue weighted by molar-refractivity contribution is 9.10. The fraction of sp³-hybridized carbons (Fsp3) is 0.529. The van der Waals surface area contributed by atoms with Crippen molar-refractivity contribution in [3.05, 3.63) is 28.7 Å². The maximum Gasteiger partial charge on any atom is 0.226 e. The molecule has 0 spiro atoms. The SMILES string of the molecule is CC(=O)N(CCC(=O)Nc1ccccc1Br)C1CCCCC1. The van der Waals surface area contributed by atoms with Crippen LogP contribution in [0.25, 0.3) is 0 Å². The molecule has 1 aliphatic rings. The molecule has 2 amide bonds. The van der Waals surface area contributed by atoms with E-state index in [1.165, 1.54) is 19.3 Å². The average Bonchev–Trinajstić information content (AvgIpc) is 2.50. The minimum atomic E-state index is -0.0611. The number of carbonyl (C=O) groups excluding carboxylic acids is 2. The summed E-state index contributed by atoms with van der Waals surface area (Å²) in [6, 6.07) is 7.83. The lowest BCUT2D eigenvalue weighted by Crippen LogP contribution is -2.41. The molecule has 1 aromatic rings. The van der Waals surface area contributed by atoms with Crippen molar-refractivity contribution < 1.29 is 9.59 Å². The van der Waals surface area contributed by atoms with Gasteiger partial charge in [-0.05, 0) is 40.9 Å². The Morgan fingerprint density at radius 2 is 1.91 bits per heavy atom. The smallest absolute Gasteiger partial charge is 0.226 e. The first kappa shape index (κ1) is 17.0. The minimum absolute atomic E-state index is 0.0611. The van der Waals surface area contributed by atoms with Crippen LogP contribution < -0.4 is 5.32 Å². The van der Waals surface area contributed by atoms with Gasteiger partial charge in [-0.1, -0.05) is 31.4 Å². The Kier molecular flexibility index (Phi) is 6.43. The number of nitrogens with one attached hydrogen (secondary N) is 1. The predicted molar refractivity (Wildman–Crippen MR) is 91.6 cm³/mol. The van der Waals surface area contributed by atoms with E-state index < -0.39 is 0 Å².